The van der Waals surface area contributed by atoms with E-state index in [1.807, 2.05) is 30.3 Å². The van der Waals surface area contributed by atoms with Gasteiger partial charge < -0.3 is 14.2 Å². The topological polar surface area (TPSA) is 111 Å². The van der Waals surface area contributed by atoms with Crippen LogP contribution < -0.4 is 5.56 Å². The largest absolute Gasteiger partial charge is 0.458 e. The summed E-state index contributed by atoms with van der Waals surface area (Å²) < 4.78 is 29.0. The maximum atomic E-state index is 14.2. The molecule has 9 nitrogen and oxygen atoms in total. The number of esters is 1. The Hall–Kier alpha value is -2.84. The molecular weight excluding hydrogens is 577 g/mol. The SMILES string of the molecule is CCCCCCCN(CCCCCCC)P(=O)(O)O[C@]1(CC)C(=O)OCc2c1cc1n(c2=O)Cc2cc3ccccc3nc2-1. The summed E-state index contributed by atoms with van der Waals surface area (Å²) in [5, 5.41) is 0.979. The molecule has 4 heterocycles. The lowest BCUT2D eigenvalue weighted by atomic mass is 9.86. The predicted molar refractivity (Wildman–Crippen MR) is 172 cm³/mol. The van der Waals surface area contributed by atoms with Crippen molar-refractivity contribution in [3.63, 3.8) is 0 Å². The number of pyridine rings is 2. The first-order valence-electron chi connectivity index (χ1n) is 16.4. The van der Waals surface area contributed by atoms with Crippen LogP contribution in [0, 0.1) is 0 Å². The number of carbonyl (C=O) groups excluding carboxylic acids is 1. The molecule has 2 aromatic heterocycles. The molecule has 1 unspecified atom stereocenters. The molecule has 2 aliphatic heterocycles. The second-order valence-electron chi connectivity index (χ2n) is 12.1. The van der Waals surface area contributed by atoms with E-state index in [0.717, 1.165) is 80.7 Å². The highest BCUT2D eigenvalue weighted by atomic mass is 31.2. The van der Waals surface area contributed by atoms with E-state index >= 15 is 0 Å². The summed E-state index contributed by atoms with van der Waals surface area (Å²) in [6.45, 7) is 6.96. The molecule has 0 aliphatic carbocycles. The number of fused-ring (bicyclic) bond motifs is 5. The number of hydrogen-bond donors (Lipinski definition) is 1. The molecule has 1 aromatic carbocycles. The Morgan fingerprint density at radius 3 is 2.30 bits per heavy atom. The molecule has 2 atom stereocenters. The fourth-order valence-corrected chi connectivity index (χ4v) is 8.10. The van der Waals surface area contributed by atoms with E-state index < -0.39 is 19.3 Å². The minimum Gasteiger partial charge on any atom is -0.458 e. The molecule has 2 aliphatic rings. The summed E-state index contributed by atoms with van der Waals surface area (Å²) in [5.74, 6) is -0.748. The van der Waals surface area contributed by atoms with Gasteiger partial charge in [0, 0.05) is 29.6 Å². The second-order valence-corrected chi connectivity index (χ2v) is 13.9. The Labute approximate surface area is 260 Å². The van der Waals surface area contributed by atoms with Crippen molar-refractivity contribution in [2.75, 3.05) is 13.1 Å². The molecular formula is C34H46N3O6P. The average molecular weight is 624 g/mol. The molecule has 0 saturated heterocycles. The number of carbonyl (C=O) groups is 1. The lowest BCUT2D eigenvalue weighted by Gasteiger charge is -2.39. The highest BCUT2D eigenvalue weighted by molar-refractivity contribution is 7.50. The van der Waals surface area contributed by atoms with Crippen molar-refractivity contribution in [2.45, 2.75) is 110 Å². The number of benzene rings is 1. The molecule has 0 fully saturated rings. The standard InChI is InChI=1S/C34H46N3O6P/c1-4-7-9-11-15-19-36(20-16-12-10-8-5-2)44(40,41)43-34(6-3)28-22-30-31-26(21-25-17-13-14-18-29(25)35-31)23-37(30)32(38)27(28)24-42-33(34)39/h13-14,17-18,21-22H,4-12,15-16,19-20,23-24H2,1-3H3,(H,40,41)/t34-/m0/s1. The van der Waals surface area contributed by atoms with Gasteiger partial charge in [0.2, 0.25) is 5.60 Å². The molecule has 0 saturated carbocycles. The van der Waals surface area contributed by atoms with Crippen molar-refractivity contribution >= 4 is 24.6 Å². The third kappa shape index (κ3) is 6.43. The van der Waals surface area contributed by atoms with E-state index in [9.17, 15) is 19.0 Å². The minimum absolute atomic E-state index is 0.0329. The molecule has 0 bridgehead atoms. The molecule has 1 N–H and O–H groups in total. The molecule has 44 heavy (non-hydrogen) atoms. The number of nitrogens with zero attached hydrogens (tertiary/aromatic N) is 3. The Kier molecular flexibility index (Phi) is 10.4. The number of para-hydroxylation sites is 1. The molecule has 0 radical (unpaired) electrons. The van der Waals surface area contributed by atoms with Gasteiger partial charge in [0.15, 0.2) is 0 Å². The monoisotopic (exact) mass is 623 g/mol. The first kappa shape index (κ1) is 32.6. The van der Waals surface area contributed by atoms with Crippen molar-refractivity contribution in [1.29, 1.82) is 0 Å². The van der Waals surface area contributed by atoms with Gasteiger partial charge in [-0.05, 0) is 37.5 Å². The van der Waals surface area contributed by atoms with Crippen LogP contribution in [0.1, 0.15) is 108 Å². The van der Waals surface area contributed by atoms with Gasteiger partial charge in [-0.25, -0.2) is 19.0 Å². The van der Waals surface area contributed by atoms with Crippen molar-refractivity contribution < 1.29 is 23.5 Å². The summed E-state index contributed by atoms with van der Waals surface area (Å²) in [7, 11) is -4.48. The zero-order valence-electron chi connectivity index (χ0n) is 26.3. The highest BCUT2D eigenvalue weighted by Gasteiger charge is 2.53. The van der Waals surface area contributed by atoms with Gasteiger partial charge in [-0.15, -0.1) is 0 Å². The third-order valence-electron chi connectivity index (χ3n) is 9.06. The quantitative estimate of drug-likeness (QED) is 0.0779. The predicted octanol–water partition coefficient (Wildman–Crippen LogP) is 7.45. The zero-order valence-corrected chi connectivity index (χ0v) is 27.2. The van der Waals surface area contributed by atoms with Crippen molar-refractivity contribution in [3.05, 3.63) is 63.4 Å². The van der Waals surface area contributed by atoms with Crippen LogP contribution in [0.15, 0.2) is 41.2 Å². The van der Waals surface area contributed by atoms with E-state index in [1.165, 1.54) is 4.67 Å². The maximum Gasteiger partial charge on any atom is 0.407 e. The Morgan fingerprint density at radius 2 is 1.64 bits per heavy atom. The molecule has 10 heteroatoms. The molecule has 0 amide bonds. The summed E-state index contributed by atoms with van der Waals surface area (Å²) >= 11 is 0. The number of aromatic nitrogens is 2. The normalized spacial score (nSPS) is 18.6. The van der Waals surface area contributed by atoms with Crippen LogP contribution in [0.2, 0.25) is 0 Å². The Balaban J connectivity index is 1.50. The van der Waals surface area contributed by atoms with E-state index in [4.69, 9.17) is 14.2 Å². The summed E-state index contributed by atoms with van der Waals surface area (Å²) in [6.07, 6.45) is 10.1. The van der Waals surface area contributed by atoms with E-state index in [0.29, 0.717) is 36.6 Å². The fourth-order valence-electron chi connectivity index (χ4n) is 6.49. The van der Waals surface area contributed by atoms with Gasteiger partial charge in [0.05, 0.1) is 29.0 Å². The zero-order chi connectivity index (χ0) is 31.3. The van der Waals surface area contributed by atoms with E-state index in [2.05, 4.69) is 13.8 Å². The number of rotatable bonds is 16. The first-order valence-corrected chi connectivity index (χ1v) is 17.9. The van der Waals surface area contributed by atoms with Gasteiger partial charge in [-0.1, -0.05) is 90.3 Å². The molecule has 0 spiro atoms. The summed E-state index contributed by atoms with van der Waals surface area (Å²) in [6, 6.07) is 11.6. The number of unbranched alkanes of at least 4 members (excludes halogenated alkanes) is 8. The molecule has 238 valence electrons. The second kappa shape index (κ2) is 14.1. The van der Waals surface area contributed by atoms with Crippen LogP contribution >= 0.6 is 7.75 Å². The maximum absolute atomic E-state index is 14.2. The number of ether oxygens (including phenoxy) is 1. The minimum atomic E-state index is -4.48. The summed E-state index contributed by atoms with van der Waals surface area (Å²) in [4.78, 5) is 43.9. The van der Waals surface area contributed by atoms with Gasteiger partial charge in [-0.2, -0.15) is 0 Å². The lowest BCUT2D eigenvalue weighted by Crippen LogP contribution is -2.46. The van der Waals surface area contributed by atoms with Crippen LogP contribution in [0.25, 0.3) is 22.3 Å². The smallest absolute Gasteiger partial charge is 0.407 e. The first-order chi connectivity index (χ1) is 21.3. The van der Waals surface area contributed by atoms with Crippen LogP contribution in [-0.2, 0) is 37.4 Å². The van der Waals surface area contributed by atoms with Gasteiger partial charge in [-0.3, -0.25) is 9.32 Å². The van der Waals surface area contributed by atoms with Crippen LogP contribution in [0.4, 0.5) is 0 Å². The average Bonchev–Trinajstić information content (AvgIpc) is 3.37. The number of hydrogen-bond acceptors (Lipinski definition) is 6. The Morgan fingerprint density at radius 1 is 0.977 bits per heavy atom. The van der Waals surface area contributed by atoms with E-state index in [-0.39, 0.29) is 24.2 Å². The number of cyclic esters (lactones) is 1. The van der Waals surface area contributed by atoms with Crippen LogP contribution in [0.5, 0.6) is 0 Å². The van der Waals surface area contributed by atoms with Crippen molar-refractivity contribution in [1.82, 2.24) is 14.2 Å². The molecule has 3 aromatic rings. The van der Waals surface area contributed by atoms with Crippen molar-refractivity contribution in [2.24, 2.45) is 0 Å². The van der Waals surface area contributed by atoms with Gasteiger partial charge in [0.25, 0.3) is 5.56 Å². The third-order valence-corrected chi connectivity index (χ3v) is 10.7. The lowest BCUT2D eigenvalue weighted by molar-refractivity contribution is -0.170. The van der Waals surface area contributed by atoms with E-state index in [1.54, 1.807) is 17.6 Å². The van der Waals surface area contributed by atoms with Crippen LogP contribution in [-0.4, -0.2) is 38.2 Å². The summed E-state index contributed by atoms with van der Waals surface area (Å²) in [5.41, 5.74) is 1.33. The fraction of sp³-hybridized carbons (Fsp3) is 0.559. The van der Waals surface area contributed by atoms with Gasteiger partial charge >= 0.3 is 13.7 Å². The highest BCUT2D eigenvalue weighted by Crippen LogP contribution is 2.55. The molecule has 5 rings (SSSR count). The van der Waals surface area contributed by atoms with Gasteiger partial charge in [0.1, 0.15) is 6.61 Å². The Bertz CT molecular complexity index is 1590. The van der Waals surface area contributed by atoms with Crippen LogP contribution in [0.3, 0.4) is 0 Å². The van der Waals surface area contributed by atoms with Crippen molar-refractivity contribution in [3.8, 4) is 11.4 Å².